The van der Waals surface area contributed by atoms with Gasteiger partial charge in [0.25, 0.3) is 5.82 Å². The van der Waals surface area contributed by atoms with E-state index in [1.54, 1.807) is 12.1 Å². The third kappa shape index (κ3) is 5.74. The molecule has 0 bridgehead atoms. The second-order valence-corrected chi connectivity index (χ2v) is 4.85. The average molecular weight is 305 g/mol. The summed E-state index contributed by atoms with van der Waals surface area (Å²) in [5, 5.41) is 10.00. The second-order valence-electron chi connectivity index (χ2n) is 4.44. The van der Waals surface area contributed by atoms with Crippen molar-refractivity contribution in [3.05, 3.63) is 60.0 Å². The van der Waals surface area contributed by atoms with Crippen molar-refractivity contribution >= 4 is 23.1 Å². The summed E-state index contributed by atoms with van der Waals surface area (Å²) in [4.78, 5) is 3.09. The molecule has 0 amide bonds. The Balaban J connectivity index is 1.60. The van der Waals surface area contributed by atoms with Crippen LogP contribution in [0.1, 0.15) is 5.56 Å². The molecular formula is C15H18FN4S+. The number of nitrogens with one attached hydrogen (secondary N) is 4. The predicted molar refractivity (Wildman–Crippen MR) is 85.3 cm³/mol. The lowest BCUT2D eigenvalue weighted by Gasteiger charge is -2.09. The van der Waals surface area contributed by atoms with E-state index in [0.29, 0.717) is 18.2 Å². The molecule has 4 N–H and O–H groups in total. The van der Waals surface area contributed by atoms with Crippen LogP contribution in [0.15, 0.2) is 48.7 Å². The molecule has 0 saturated carbocycles. The lowest BCUT2D eigenvalue weighted by molar-refractivity contribution is -0.361. The molecular weight excluding hydrogens is 287 g/mol. The maximum absolute atomic E-state index is 12.8. The summed E-state index contributed by atoms with van der Waals surface area (Å²) in [6.07, 6.45) is 1.87. The molecule has 0 aliphatic carbocycles. The van der Waals surface area contributed by atoms with Crippen LogP contribution in [0.3, 0.4) is 0 Å². The molecule has 0 fully saturated rings. The molecule has 4 nitrogen and oxygen atoms in total. The number of hydrogen-bond acceptors (Lipinski definition) is 2. The lowest BCUT2D eigenvalue weighted by atomic mass is 10.2. The number of pyridine rings is 1. The Morgan fingerprint density at radius 3 is 2.57 bits per heavy atom. The van der Waals surface area contributed by atoms with Crippen molar-refractivity contribution in [2.75, 3.05) is 18.4 Å². The molecule has 1 aromatic heterocycles. The molecule has 1 heterocycles. The summed E-state index contributed by atoms with van der Waals surface area (Å²) in [6.45, 7) is 2.03. The first-order valence-corrected chi connectivity index (χ1v) is 7.11. The first kappa shape index (κ1) is 15.2. The highest BCUT2D eigenvalue weighted by atomic mass is 32.1. The minimum absolute atomic E-state index is 0.233. The van der Waals surface area contributed by atoms with Gasteiger partial charge < -0.3 is 10.6 Å². The normalized spacial score (nSPS) is 9.95. The lowest BCUT2D eigenvalue weighted by Crippen LogP contribution is -2.37. The topological polar surface area (TPSA) is 50.2 Å². The number of thiocarbonyl (C=S) groups is 1. The zero-order valence-electron chi connectivity index (χ0n) is 11.5. The number of anilines is 1. The van der Waals surface area contributed by atoms with E-state index >= 15 is 0 Å². The minimum Gasteiger partial charge on any atom is -0.359 e. The highest BCUT2D eigenvalue weighted by Crippen LogP contribution is 2.01. The fourth-order valence-corrected chi connectivity index (χ4v) is 1.90. The van der Waals surface area contributed by atoms with Crippen molar-refractivity contribution < 1.29 is 9.37 Å². The number of benzene rings is 1. The van der Waals surface area contributed by atoms with Crippen LogP contribution in [0, 0.1) is 5.82 Å². The Hall–Kier alpha value is -2.21. The van der Waals surface area contributed by atoms with Gasteiger partial charge >= 0.3 is 0 Å². The molecule has 0 spiro atoms. The third-order valence-corrected chi connectivity index (χ3v) is 3.09. The van der Waals surface area contributed by atoms with E-state index in [-0.39, 0.29) is 5.82 Å². The van der Waals surface area contributed by atoms with Crippen LogP contribution in [-0.2, 0) is 6.54 Å². The summed E-state index contributed by atoms with van der Waals surface area (Å²) in [7, 11) is 0. The Morgan fingerprint density at radius 2 is 1.86 bits per heavy atom. The molecule has 0 aliphatic rings. The summed E-state index contributed by atoms with van der Waals surface area (Å²) in [6, 6.07) is 12.2. The fourth-order valence-electron chi connectivity index (χ4n) is 1.72. The van der Waals surface area contributed by atoms with Gasteiger partial charge in [0.05, 0.1) is 12.7 Å². The molecule has 2 rings (SSSR count). The van der Waals surface area contributed by atoms with E-state index in [1.807, 2.05) is 24.4 Å². The fraction of sp³-hybridized carbons (Fsp3) is 0.200. The van der Waals surface area contributed by atoms with Gasteiger partial charge in [0.2, 0.25) is 0 Å². The molecule has 21 heavy (non-hydrogen) atoms. The van der Waals surface area contributed by atoms with E-state index in [2.05, 4.69) is 20.9 Å². The van der Waals surface area contributed by atoms with Gasteiger partial charge in [-0.15, -0.1) is 0 Å². The van der Waals surface area contributed by atoms with Crippen molar-refractivity contribution in [1.82, 2.24) is 10.6 Å². The van der Waals surface area contributed by atoms with Crippen LogP contribution in [0.25, 0.3) is 0 Å². The molecule has 1 aromatic carbocycles. The highest BCUT2D eigenvalue weighted by Gasteiger charge is 2.00. The number of aromatic nitrogens is 1. The molecule has 110 valence electrons. The summed E-state index contributed by atoms with van der Waals surface area (Å²) in [5.74, 6) is 0.729. The first-order chi connectivity index (χ1) is 10.2. The van der Waals surface area contributed by atoms with Crippen LogP contribution in [0.5, 0.6) is 0 Å². The molecule has 0 atom stereocenters. The van der Waals surface area contributed by atoms with E-state index in [0.717, 1.165) is 17.9 Å². The molecule has 6 heteroatoms. The van der Waals surface area contributed by atoms with Gasteiger partial charge in [-0.25, -0.2) is 9.37 Å². The van der Waals surface area contributed by atoms with E-state index < -0.39 is 0 Å². The van der Waals surface area contributed by atoms with E-state index in [1.165, 1.54) is 12.1 Å². The molecule has 0 radical (unpaired) electrons. The van der Waals surface area contributed by atoms with Gasteiger partial charge in [0.1, 0.15) is 12.4 Å². The minimum atomic E-state index is -0.233. The first-order valence-electron chi connectivity index (χ1n) is 6.71. The van der Waals surface area contributed by atoms with Gasteiger partial charge in [-0.1, -0.05) is 18.2 Å². The average Bonchev–Trinajstić information content (AvgIpc) is 2.52. The van der Waals surface area contributed by atoms with Crippen molar-refractivity contribution in [3.63, 3.8) is 0 Å². The van der Waals surface area contributed by atoms with Crippen molar-refractivity contribution in [2.24, 2.45) is 0 Å². The quantitative estimate of drug-likeness (QED) is 0.562. The zero-order valence-corrected chi connectivity index (χ0v) is 12.3. The monoisotopic (exact) mass is 305 g/mol. The number of H-pyrrole nitrogens is 1. The van der Waals surface area contributed by atoms with Crippen LogP contribution in [0.4, 0.5) is 10.2 Å². The van der Waals surface area contributed by atoms with Crippen LogP contribution >= 0.6 is 12.2 Å². The largest absolute Gasteiger partial charge is 0.359 e. The summed E-state index contributed by atoms with van der Waals surface area (Å²) < 4.78 is 12.8. The Bertz CT molecular complexity index is 560. The van der Waals surface area contributed by atoms with Gasteiger partial charge in [-0.3, -0.25) is 5.32 Å². The van der Waals surface area contributed by atoms with Crippen LogP contribution in [-0.4, -0.2) is 18.2 Å². The number of rotatable bonds is 6. The van der Waals surface area contributed by atoms with Crippen molar-refractivity contribution in [1.29, 1.82) is 0 Å². The summed E-state index contributed by atoms with van der Waals surface area (Å²) >= 11 is 5.18. The van der Waals surface area contributed by atoms with Gasteiger partial charge in [-0.2, -0.15) is 0 Å². The predicted octanol–water partition coefficient (Wildman–Crippen LogP) is 1.72. The molecule has 0 aliphatic heterocycles. The van der Waals surface area contributed by atoms with E-state index in [9.17, 15) is 4.39 Å². The highest BCUT2D eigenvalue weighted by molar-refractivity contribution is 7.80. The summed E-state index contributed by atoms with van der Waals surface area (Å²) in [5.41, 5.74) is 0.984. The van der Waals surface area contributed by atoms with E-state index in [4.69, 9.17) is 12.2 Å². The van der Waals surface area contributed by atoms with Crippen LogP contribution < -0.4 is 20.9 Å². The Morgan fingerprint density at radius 1 is 1.05 bits per heavy atom. The molecule has 0 unspecified atom stereocenters. The Kier molecular flexibility index (Phi) is 5.90. The zero-order chi connectivity index (χ0) is 14.9. The van der Waals surface area contributed by atoms with Gasteiger partial charge in [0, 0.05) is 12.6 Å². The van der Waals surface area contributed by atoms with Gasteiger partial charge in [-0.05, 0) is 36.0 Å². The van der Waals surface area contributed by atoms with Crippen LogP contribution in [0.2, 0.25) is 0 Å². The van der Waals surface area contributed by atoms with Gasteiger partial charge in [0.15, 0.2) is 5.11 Å². The Labute approximate surface area is 128 Å². The maximum Gasteiger partial charge on any atom is 0.272 e. The number of hydrogen-bond donors (Lipinski definition) is 3. The number of halogens is 1. The third-order valence-electron chi connectivity index (χ3n) is 2.80. The van der Waals surface area contributed by atoms with Crippen molar-refractivity contribution in [2.45, 2.75) is 6.54 Å². The standard InChI is InChI=1S/C15H17FN4S/c16-13-6-4-12(5-7-13)11-20-15(21)19-10-9-18-14-3-1-2-8-17-14/h1-8H,9-11H2,(H,17,18)(H2,19,20,21)/p+1. The maximum atomic E-state index is 12.8. The second kappa shape index (κ2) is 8.16. The smallest absolute Gasteiger partial charge is 0.272 e. The molecule has 0 saturated heterocycles. The number of aromatic amines is 1. The molecule has 2 aromatic rings. The van der Waals surface area contributed by atoms with Crippen molar-refractivity contribution in [3.8, 4) is 0 Å². The SMILES string of the molecule is Fc1ccc(CNC(=S)NCCNc2cccc[nH+]2)cc1.